The minimum atomic E-state index is 0.255. The molecule has 1 fully saturated rings. The van der Waals surface area contributed by atoms with Crippen LogP contribution >= 0.6 is 0 Å². The number of anilines is 2. The summed E-state index contributed by atoms with van der Waals surface area (Å²) in [4.78, 5) is 18.7. The van der Waals surface area contributed by atoms with E-state index in [1.807, 2.05) is 4.90 Å². The number of rotatable bonds is 7. The molecular weight excluding hydrogens is 288 g/mol. The van der Waals surface area contributed by atoms with Gasteiger partial charge in [0.05, 0.1) is 0 Å². The highest BCUT2D eigenvalue weighted by Gasteiger charge is 2.18. The monoisotopic (exact) mass is 318 g/mol. The average molecular weight is 318 g/mol. The van der Waals surface area contributed by atoms with Crippen molar-refractivity contribution in [1.82, 2.24) is 9.80 Å². The fourth-order valence-electron chi connectivity index (χ4n) is 2.91. The second-order valence-corrected chi connectivity index (χ2v) is 6.08. The molecule has 1 saturated heterocycles. The van der Waals surface area contributed by atoms with E-state index >= 15 is 0 Å². The molecule has 23 heavy (non-hydrogen) atoms. The Hall–Kier alpha value is -1.75. The number of amides is 1. The molecule has 5 heteroatoms. The number of benzene rings is 1. The van der Waals surface area contributed by atoms with Crippen molar-refractivity contribution in [1.29, 1.82) is 0 Å². The lowest BCUT2D eigenvalue weighted by Gasteiger charge is -2.32. The van der Waals surface area contributed by atoms with Gasteiger partial charge in [-0.15, -0.1) is 0 Å². The molecule has 0 bridgehead atoms. The molecule has 0 aromatic heterocycles. The van der Waals surface area contributed by atoms with Crippen molar-refractivity contribution in [2.75, 3.05) is 63.1 Å². The summed E-state index contributed by atoms with van der Waals surface area (Å²) in [5, 5.41) is 3.35. The molecule has 1 heterocycles. The Morgan fingerprint density at radius 2 is 1.70 bits per heavy atom. The maximum absolute atomic E-state index is 12.2. The summed E-state index contributed by atoms with van der Waals surface area (Å²) < 4.78 is 0. The highest BCUT2D eigenvalue weighted by Crippen LogP contribution is 2.17. The molecule has 1 aliphatic rings. The van der Waals surface area contributed by atoms with Gasteiger partial charge in [-0.05, 0) is 45.2 Å². The minimum absolute atomic E-state index is 0.255. The zero-order chi connectivity index (χ0) is 16.7. The average Bonchev–Trinajstić information content (AvgIpc) is 2.58. The van der Waals surface area contributed by atoms with E-state index in [0.29, 0.717) is 13.0 Å². The normalized spacial score (nSPS) is 15.5. The summed E-state index contributed by atoms with van der Waals surface area (Å²) in [7, 11) is 2.10. The van der Waals surface area contributed by atoms with Gasteiger partial charge in [0, 0.05) is 63.6 Å². The quantitative estimate of drug-likeness (QED) is 0.836. The van der Waals surface area contributed by atoms with E-state index in [4.69, 9.17) is 0 Å². The number of hydrogen-bond donors (Lipinski definition) is 1. The lowest BCUT2D eigenvalue weighted by molar-refractivity contribution is -0.132. The van der Waals surface area contributed by atoms with E-state index < -0.39 is 0 Å². The minimum Gasteiger partial charge on any atom is -0.385 e. The van der Waals surface area contributed by atoms with Gasteiger partial charge in [-0.1, -0.05) is 0 Å². The molecule has 1 N–H and O–H groups in total. The molecule has 0 atom stereocenters. The van der Waals surface area contributed by atoms with E-state index in [1.165, 1.54) is 5.69 Å². The van der Waals surface area contributed by atoms with Crippen LogP contribution in [0.5, 0.6) is 0 Å². The molecule has 1 aromatic rings. The van der Waals surface area contributed by atoms with Gasteiger partial charge in [0.1, 0.15) is 0 Å². The number of hydrogen-bond acceptors (Lipinski definition) is 4. The number of nitrogens with one attached hydrogen (secondary N) is 1. The second kappa shape index (κ2) is 8.77. The maximum atomic E-state index is 12.2. The van der Waals surface area contributed by atoms with Crippen LogP contribution in [0.15, 0.2) is 24.3 Å². The number of likely N-dealkylation sites (N-methyl/N-ethyl adjacent to an activating group) is 1. The van der Waals surface area contributed by atoms with Gasteiger partial charge in [-0.2, -0.15) is 0 Å². The Bertz CT molecular complexity index is 476. The van der Waals surface area contributed by atoms with Crippen LogP contribution in [0.25, 0.3) is 0 Å². The van der Waals surface area contributed by atoms with Crippen molar-refractivity contribution in [3.63, 3.8) is 0 Å². The fraction of sp³-hybridized carbons (Fsp3) is 0.611. The van der Waals surface area contributed by atoms with Crippen LogP contribution in [0.4, 0.5) is 11.4 Å². The maximum Gasteiger partial charge on any atom is 0.224 e. The molecule has 0 saturated carbocycles. The van der Waals surface area contributed by atoms with Crippen LogP contribution in [0.2, 0.25) is 0 Å². The van der Waals surface area contributed by atoms with Gasteiger partial charge in [0.2, 0.25) is 5.91 Å². The van der Waals surface area contributed by atoms with Crippen LogP contribution in [-0.2, 0) is 4.79 Å². The summed E-state index contributed by atoms with van der Waals surface area (Å²) in [6, 6.07) is 8.46. The smallest absolute Gasteiger partial charge is 0.224 e. The van der Waals surface area contributed by atoms with E-state index in [1.54, 1.807) is 0 Å². The molecule has 1 aromatic carbocycles. The summed E-state index contributed by atoms with van der Waals surface area (Å²) >= 11 is 0. The molecule has 128 valence electrons. The van der Waals surface area contributed by atoms with Gasteiger partial charge >= 0.3 is 0 Å². The summed E-state index contributed by atoms with van der Waals surface area (Å²) in [5.74, 6) is 0.255. The molecule has 0 unspecified atom stereocenters. The lowest BCUT2D eigenvalue weighted by Crippen LogP contribution is -2.47. The second-order valence-electron chi connectivity index (χ2n) is 6.08. The molecule has 5 nitrogen and oxygen atoms in total. The van der Waals surface area contributed by atoms with Crippen molar-refractivity contribution < 1.29 is 4.79 Å². The van der Waals surface area contributed by atoms with Gasteiger partial charge in [0.25, 0.3) is 0 Å². The molecule has 2 rings (SSSR count). The molecule has 1 aliphatic heterocycles. The molecule has 0 radical (unpaired) electrons. The standard InChI is InChI=1S/C18H30N4O/c1-4-21(5-2)17-8-6-16(7-9-17)19-11-10-18(23)22-14-12-20(3)13-15-22/h6-9,19H,4-5,10-15H2,1-3H3. The molecule has 1 amide bonds. The van der Waals surface area contributed by atoms with Crippen molar-refractivity contribution >= 4 is 17.3 Å². The zero-order valence-electron chi connectivity index (χ0n) is 14.7. The van der Waals surface area contributed by atoms with Crippen molar-refractivity contribution in [3.05, 3.63) is 24.3 Å². The van der Waals surface area contributed by atoms with Crippen LogP contribution in [-0.4, -0.2) is 68.6 Å². The van der Waals surface area contributed by atoms with Crippen molar-refractivity contribution in [2.45, 2.75) is 20.3 Å². The molecular formula is C18H30N4O. The Balaban J connectivity index is 1.74. The lowest BCUT2D eigenvalue weighted by atomic mass is 10.2. The first kappa shape index (κ1) is 17.6. The van der Waals surface area contributed by atoms with Gasteiger partial charge in [-0.3, -0.25) is 4.79 Å². The van der Waals surface area contributed by atoms with E-state index in [9.17, 15) is 4.79 Å². The van der Waals surface area contributed by atoms with Gasteiger partial charge in [0.15, 0.2) is 0 Å². The topological polar surface area (TPSA) is 38.8 Å². The predicted molar refractivity (Wildman–Crippen MR) is 97.2 cm³/mol. The number of piperazine rings is 1. The summed E-state index contributed by atoms with van der Waals surface area (Å²) in [6.07, 6.45) is 0.557. The third kappa shape index (κ3) is 5.13. The largest absolute Gasteiger partial charge is 0.385 e. The summed E-state index contributed by atoms with van der Waals surface area (Å²) in [5.41, 5.74) is 2.32. The van der Waals surface area contributed by atoms with Crippen molar-refractivity contribution in [2.24, 2.45) is 0 Å². The SMILES string of the molecule is CCN(CC)c1ccc(NCCC(=O)N2CCN(C)CC2)cc1. The van der Waals surface area contributed by atoms with E-state index in [0.717, 1.165) is 45.0 Å². The predicted octanol–water partition coefficient (Wildman–Crippen LogP) is 2.11. The Labute approximate surface area is 140 Å². The van der Waals surface area contributed by atoms with Crippen LogP contribution in [0, 0.1) is 0 Å². The van der Waals surface area contributed by atoms with Gasteiger partial charge in [-0.25, -0.2) is 0 Å². The number of carbonyl (C=O) groups is 1. The van der Waals surface area contributed by atoms with Crippen LogP contribution in [0.3, 0.4) is 0 Å². The fourth-order valence-corrected chi connectivity index (χ4v) is 2.91. The highest BCUT2D eigenvalue weighted by molar-refractivity contribution is 5.76. The first-order chi connectivity index (χ1) is 11.1. The summed E-state index contributed by atoms with van der Waals surface area (Å²) in [6.45, 7) is 10.7. The Morgan fingerprint density at radius 1 is 1.09 bits per heavy atom. The Morgan fingerprint density at radius 3 is 2.26 bits per heavy atom. The zero-order valence-corrected chi connectivity index (χ0v) is 14.7. The Kier molecular flexibility index (Phi) is 6.71. The van der Waals surface area contributed by atoms with Crippen LogP contribution < -0.4 is 10.2 Å². The highest BCUT2D eigenvalue weighted by atomic mass is 16.2. The third-order valence-corrected chi connectivity index (χ3v) is 4.52. The van der Waals surface area contributed by atoms with Crippen molar-refractivity contribution in [3.8, 4) is 0 Å². The van der Waals surface area contributed by atoms with E-state index in [2.05, 4.69) is 60.3 Å². The molecule has 0 spiro atoms. The van der Waals surface area contributed by atoms with E-state index in [-0.39, 0.29) is 5.91 Å². The third-order valence-electron chi connectivity index (χ3n) is 4.52. The number of carbonyl (C=O) groups excluding carboxylic acids is 1. The first-order valence-corrected chi connectivity index (χ1v) is 8.69. The number of nitrogens with zero attached hydrogens (tertiary/aromatic N) is 3. The first-order valence-electron chi connectivity index (χ1n) is 8.69. The molecule has 0 aliphatic carbocycles. The van der Waals surface area contributed by atoms with Gasteiger partial charge < -0.3 is 20.0 Å². The van der Waals surface area contributed by atoms with Crippen LogP contribution in [0.1, 0.15) is 20.3 Å².